The van der Waals surface area contributed by atoms with E-state index < -0.39 is 32.1 Å². The van der Waals surface area contributed by atoms with E-state index in [1.807, 2.05) is 0 Å². The lowest BCUT2D eigenvalue weighted by molar-refractivity contribution is -0.114. The second-order valence-electron chi connectivity index (χ2n) is 5.88. The van der Waals surface area contributed by atoms with E-state index in [9.17, 15) is 22.4 Å². The molecule has 0 saturated heterocycles. The number of rotatable bonds is 3. The highest BCUT2D eigenvalue weighted by atomic mass is 32.2. The molecule has 0 bridgehead atoms. The largest absolute Gasteiger partial charge is 0.304 e. The Morgan fingerprint density at radius 3 is 2.38 bits per heavy atom. The highest BCUT2D eigenvalue weighted by molar-refractivity contribution is 7.92. The van der Waals surface area contributed by atoms with Crippen molar-refractivity contribution in [3.05, 3.63) is 29.6 Å². The third-order valence-electron chi connectivity index (χ3n) is 3.45. The van der Waals surface area contributed by atoms with Crippen LogP contribution in [-0.2, 0) is 14.6 Å². The summed E-state index contributed by atoms with van der Waals surface area (Å²) in [7, 11) is -3.42. The molecule has 7 heteroatoms. The molecule has 0 aromatic heterocycles. The Morgan fingerprint density at radius 2 is 1.81 bits per heavy atom. The summed E-state index contributed by atoms with van der Waals surface area (Å²) in [5, 5.41) is 0. The average Bonchev–Trinajstić information content (AvgIpc) is 2.59. The molecule has 0 saturated carbocycles. The lowest BCUT2D eigenvalue weighted by atomic mass is 10.1. The second-order valence-corrected chi connectivity index (χ2v) is 8.74. The van der Waals surface area contributed by atoms with Crippen LogP contribution in [0.25, 0.3) is 0 Å². The van der Waals surface area contributed by atoms with Crippen LogP contribution in [0.3, 0.4) is 0 Å². The number of carbonyl (C=O) groups excluding carboxylic acids is 2. The monoisotopic (exact) mass is 313 g/mol. The van der Waals surface area contributed by atoms with Gasteiger partial charge < -0.3 is 4.90 Å². The molecular formula is C14H16FNO4S. The SMILES string of the molecule is CC(C)(C)S(=O)(=O)CCN1C(=O)C(=O)c2cc(F)ccc21. The van der Waals surface area contributed by atoms with E-state index in [1.54, 1.807) is 20.8 Å². The summed E-state index contributed by atoms with van der Waals surface area (Å²) in [6.45, 7) is 4.59. The maximum absolute atomic E-state index is 13.1. The van der Waals surface area contributed by atoms with Gasteiger partial charge in [-0.2, -0.15) is 0 Å². The molecule has 0 atom stereocenters. The highest BCUT2D eigenvalue weighted by Gasteiger charge is 2.38. The van der Waals surface area contributed by atoms with Gasteiger partial charge in [0.15, 0.2) is 9.84 Å². The summed E-state index contributed by atoms with van der Waals surface area (Å²) in [4.78, 5) is 24.8. The van der Waals surface area contributed by atoms with Crippen LogP contribution >= 0.6 is 0 Å². The molecule has 114 valence electrons. The quantitative estimate of drug-likeness (QED) is 0.794. The van der Waals surface area contributed by atoms with Gasteiger partial charge in [-0.25, -0.2) is 12.8 Å². The predicted molar refractivity (Wildman–Crippen MR) is 76.6 cm³/mol. The zero-order valence-electron chi connectivity index (χ0n) is 12.0. The van der Waals surface area contributed by atoms with Gasteiger partial charge in [0.1, 0.15) is 5.82 Å². The van der Waals surface area contributed by atoms with Crippen molar-refractivity contribution in [1.82, 2.24) is 0 Å². The Hall–Kier alpha value is -1.76. The number of ketones is 1. The van der Waals surface area contributed by atoms with Crippen molar-refractivity contribution in [3.8, 4) is 0 Å². The van der Waals surface area contributed by atoms with E-state index >= 15 is 0 Å². The molecule has 1 amide bonds. The molecule has 2 rings (SSSR count). The number of amides is 1. The molecule has 1 aromatic carbocycles. The molecule has 5 nitrogen and oxygen atoms in total. The topological polar surface area (TPSA) is 71.5 Å². The Labute approximate surface area is 122 Å². The Bertz CT molecular complexity index is 719. The smallest absolute Gasteiger partial charge is 0.299 e. The zero-order valence-corrected chi connectivity index (χ0v) is 12.8. The first-order valence-electron chi connectivity index (χ1n) is 6.42. The van der Waals surface area contributed by atoms with Crippen LogP contribution in [-0.4, -0.2) is 37.2 Å². The third-order valence-corrected chi connectivity index (χ3v) is 6.04. The summed E-state index contributed by atoms with van der Waals surface area (Å²) in [5.41, 5.74) is 0.240. The van der Waals surface area contributed by atoms with Gasteiger partial charge in [0.05, 0.1) is 21.8 Å². The number of halogens is 1. The van der Waals surface area contributed by atoms with Crippen molar-refractivity contribution in [2.75, 3.05) is 17.2 Å². The molecule has 0 unspecified atom stereocenters. The van der Waals surface area contributed by atoms with Crippen LogP contribution in [0.5, 0.6) is 0 Å². The number of carbonyl (C=O) groups is 2. The minimum absolute atomic E-state index is 0.0202. The van der Waals surface area contributed by atoms with Crippen LogP contribution in [0, 0.1) is 5.82 Å². The van der Waals surface area contributed by atoms with Gasteiger partial charge in [-0.05, 0) is 39.0 Å². The van der Waals surface area contributed by atoms with Crippen LogP contribution in [0.2, 0.25) is 0 Å². The first-order valence-corrected chi connectivity index (χ1v) is 8.08. The van der Waals surface area contributed by atoms with Gasteiger partial charge in [-0.1, -0.05) is 0 Å². The number of sulfone groups is 1. The molecule has 21 heavy (non-hydrogen) atoms. The van der Waals surface area contributed by atoms with Gasteiger partial charge in [0.25, 0.3) is 11.7 Å². The summed E-state index contributed by atoms with van der Waals surface area (Å²) in [6, 6.07) is 3.45. The standard InChI is InChI=1S/C14H16FNO4S/c1-14(2,3)21(19,20)7-6-16-11-5-4-9(15)8-10(11)12(17)13(16)18/h4-5,8H,6-7H2,1-3H3. The summed E-state index contributed by atoms with van der Waals surface area (Å²) < 4.78 is 36.4. The predicted octanol–water partition coefficient (Wildman–Crippen LogP) is 1.57. The van der Waals surface area contributed by atoms with Crippen LogP contribution in [0.4, 0.5) is 10.1 Å². The molecule has 1 heterocycles. The first-order chi connectivity index (χ1) is 9.54. The molecule has 0 radical (unpaired) electrons. The minimum atomic E-state index is -3.42. The van der Waals surface area contributed by atoms with Crippen molar-refractivity contribution < 1.29 is 22.4 Å². The molecule has 0 aliphatic carbocycles. The van der Waals surface area contributed by atoms with Crippen LogP contribution in [0.1, 0.15) is 31.1 Å². The van der Waals surface area contributed by atoms with E-state index in [2.05, 4.69) is 0 Å². The first kappa shape index (κ1) is 15.6. The molecular weight excluding hydrogens is 297 g/mol. The molecule has 1 aliphatic heterocycles. The van der Waals surface area contributed by atoms with Gasteiger partial charge in [0, 0.05) is 6.54 Å². The van der Waals surface area contributed by atoms with Crippen molar-refractivity contribution in [3.63, 3.8) is 0 Å². The van der Waals surface area contributed by atoms with Gasteiger partial charge in [-0.15, -0.1) is 0 Å². The Morgan fingerprint density at radius 1 is 1.19 bits per heavy atom. The van der Waals surface area contributed by atoms with E-state index in [0.717, 1.165) is 17.0 Å². The molecule has 1 aromatic rings. The van der Waals surface area contributed by atoms with E-state index in [0.29, 0.717) is 0 Å². The number of nitrogens with zero attached hydrogens (tertiary/aromatic N) is 1. The Balaban J connectivity index is 2.28. The minimum Gasteiger partial charge on any atom is -0.304 e. The number of benzene rings is 1. The number of anilines is 1. The lowest BCUT2D eigenvalue weighted by Crippen LogP contribution is -2.38. The summed E-state index contributed by atoms with van der Waals surface area (Å²) in [6.07, 6.45) is 0. The molecule has 1 aliphatic rings. The van der Waals surface area contributed by atoms with E-state index in [4.69, 9.17) is 0 Å². The normalized spacial score (nSPS) is 15.5. The fourth-order valence-electron chi connectivity index (χ4n) is 2.01. The van der Waals surface area contributed by atoms with Gasteiger partial charge >= 0.3 is 0 Å². The fraction of sp³-hybridized carbons (Fsp3) is 0.429. The second kappa shape index (κ2) is 4.91. The zero-order chi connectivity index (χ0) is 16.0. The van der Waals surface area contributed by atoms with Crippen molar-refractivity contribution in [2.45, 2.75) is 25.5 Å². The molecule has 0 spiro atoms. The number of hydrogen-bond donors (Lipinski definition) is 0. The fourth-order valence-corrected chi connectivity index (χ4v) is 3.05. The number of fused-ring (bicyclic) bond motifs is 1. The molecule has 0 fully saturated rings. The Kier molecular flexibility index (Phi) is 3.65. The highest BCUT2D eigenvalue weighted by Crippen LogP contribution is 2.29. The number of Topliss-reactive ketones (excluding diaryl/α,β-unsaturated/α-hetero) is 1. The summed E-state index contributed by atoms with van der Waals surface area (Å²) >= 11 is 0. The third kappa shape index (κ3) is 2.70. The lowest BCUT2D eigenvalue weighted by Gasteiger charge is -2.22. The average molecular weight is 313 g/mol. The van der Waals surface area contributed by atoms with Crippen LogP contribution in [0.15, 0.2) is 18.2 Å². The maximum Gasteiger partial charge on any atom is 0.299 e. The van der Waals surface area contributed by atoms with Crippen molar-refractivity contribution in [1.29, 1.82) is 0 Å². The van der Waals surface area contributed by atoms with E-state index in [1.165, 1.54) is 6.07 Å². The summed E-state index contributed by atoms with van der Waals surface area (Å²) in [5.74, 6) is -2.50. The van der Waals surface area contributed by atoms with Crippen molar-refractivity contribution in [2.24, 2.45) is 0 Å². The number of hydrogen-bond acceptors (Lipinski definition) is 4. The van der Waals surface area contributed by atoms with Gasteiger partial charge in [0.2, 0.25) is 0 Å². The van der Waals surface area contributed by atoms with Crippen LogP contribution < -0.4 is 4.90 Å². The maximum atomic E-state index is 13.1. The van der Waals surface area contributed by atoms with Gasteiger partial charge in [-0.3, -0.25) is 9.59 Å². The van der Waals surface area contributed by atoms with E-state index in [-0.39, 0.29) is 23.5 Å². The van der Waals surface area contributed by atoms with Crippen molar-refractivity contribution >= 4 is 27.2 Å². The molecule has 0 N–H and O–H groups in total.